The van der Waals surface area contributed by atoms with E-state index in [9.17, 15) is 4.79 Å². The molecule has 0 bridgehead atoms. The van der Waals surface area contributed by atoms with Crippen molar-refractivity contribution in [2.75, 3.05) is 0 Å². The van der Waals surface area contributed by atoms with Crippen LogP contribution in [0.5, 0.6) is 0 Å². The quantitative estimate of drug-likeness (QED) is 0.766. The minimum Gasteiger partial charge on any atom is -0.344 e. The van der Waals surface area contributed by atoms with E-state index < -0.39 is 0 Å². The van der Waals surface area contributed by atoms with Crippen LogP contribution in [0.2, 0.25) is 0 Å². The van der Waals surface area contributed by atoms with Gasteiger partial charge in [-0.3, -0.25) is 4.79 Å². The maximum absolute atomic E-state index is 12.3. The van der Waals surface area contributed by atoms with Crippen LogP contribution in [0, 0.1) is 0 Å². The Hall–Kier alpha value is -1.32. The number of amides is 1. The summed E-state index contributed by atoms with van der Waals surface area (Å²) in [7, 11) is 0. The van der Waals surface area contributed by atoms with Crippen molar-refractivity contribution in [2.45, 2.75) is 31.7 Å². The normalized spacial score (nSPS) is 12.1. The minimum absolute atomic E-state index is 0.0381. The maximum Gasteiger partial charge on any atom is 0.251 e. The van der Waals surface area contributed by atoms with Gasteiger partial charge in [0.1, 0.15) is 0 Å². The van der Waals surface area contributed by atoms with Crippen molar-refractivity contribution in [3.05, 3.63) is 57.8 Å². The second kappa shape index (κ2) is 7.46. The van der Waals surface area contributed by atoms with Crippen LogP contribution in [0.1, 0.15) is 46.6 Å². The number of nitrogens with one attached hydrogen (secondary N) is 1. The van der Waals surface area contributed by atoms with E-state index >= 15 is 0 Å². The van der Waals surface area contributed by atoms with Crippen molar-refractivity contribution in [1.29, 1.82) is 0 Å². The van der Waals surface area contributed by atoms with Crippen molar-refractivity contribution in [3.8, 4) is 0 Å². The standard InChI is InChI=1S/C16H18ClNOS/c1-2-5-14(15-8-4-9-20-15)18-16(19)13-7-3-6-12(10-13)11-17/h3-4,6-10,14H,2,5,11H2,1H3,(H,18,19). The molecular weight excluding hydrogens is 290 g/mol. The van der Waals surface area contributed by atoms with Crippen LogP contribution < -0.4 is 5.32 Å². The maximum atomic E-state index is 12.3. The number of hydrogen-bond donors (Lipinski definition) is 1. The fourth-order valence-corrected chi connectivity index (χ4v) is 3.08. The van der Waals surface area contributed by atoms with Crippen molar-refractivity contribution in [1.82, 2.24) is 5.32 Å². The van der Waals surface area contributed by atoms with Crippen LogP contribution in [-0.2, 0) is 5.88 Å². The summed E-state index contributed by atoms with van der Waals surface area (Å²) in [5, 5.41) is 5.16. The highest BCUT2D eigenvalue weighted by Gasteiger charge is 2.16. The molecule has 0 aliphatic carbocycles. The van der Waals surface area contributed by atoms with Gasteiger partial charge in [0, 0.05) is 16.3 Å². The zero-order chi connectivity index (χ0) is 14.4. The van der Waals surface area contributed by atoms with Crippen molar-refractivity contribution >= 4 is 28.8 Å². The van der Waals surface area contributed by atoms with Crippen LogP contribution in [0.4, 0.5) is 0 Å². The third-order valence-corrected chi connectivity index (χ3v) is 4.41. The van der Waals surface area contributed by atoms with Gasteiger partial charge in [0.05, 0.1) is 6.04 Å². The second-order valence-corrected chi connectivity index (χ2v) is 5.91. The average Bonchev–Trinajstić information content (AvgIpc) is 3.01. The molecule has 1 heterocycles. The van der Waals surface area contributed by atoms with E-state index in [4.69, 9.17) is 11.6 Å². The number of alkyl halides is 1. The monoisotopic (exact) mass is 307 g/mol. The van der Waals surface area contributed by atoms with E-state index in [1.165, 1.54) is 4.88 Å². The average molecular weight is 308 g/mol. The van der Waals surface area contributed by atoms with Crippen LogP contribution in [0.15, 0.2) is 41.8 Å². The molecule has 0 aliphatic heterocycles. The van der Waals surface area contributed by atoms with Gasteiger partial charge >= 0.3 is 0 Å². The number of hydrogen-bond acceptors (Lipinski definition) is 2. The number of carbonyl (C=O) groups is 1. The van der Waals surface area contributed by atoms with Crippen molar-refractivity contribution < 1.29 is 4.79 Å². The Balaban J connectivity index is 2.11. The molecule has 0 radical (unpaired) electrons. The van der Waals surface area contributed by atoms with Gasteiger partial charge in [-0.15, -0.1) is 22.9 Å². The Labute approximate surface area is 128 Å². The van der Waals surface area contributed by atoms with Crippen LogP contribution in [0.3, 0.4) is 0 Å². The molecule has 0 saturated heterocycles. The number of benzene rings is 1. The van der Waals surface area contributed by atoms with E-state index in [2.05, 4.69) is 18.3 Å². The fraction of sp³-hybridized carbons (Fsp3) is 0.312. The van der Waals surface area contributed by atoms with E-state index in [0.717, 1.165) is 18.4 Å². The molecule has 1 N–H and O–H groups in total. The Kier molecular flexibility index (Phi) is 5.62. The molecule has 1 atom stereocenters. The Morgan fingerprint density at radius 2 is 2.20 bits per heavy atom. The van der Waals surface area contributed by atoms with Gasteiger partial charge in [-0.05, 0) is 35.6 Å². The SMILES string of the molecule is CCCC(NC(=O)c1cccc(CCl)c1)c1cccs1. The van der Waals surface area contributed by atoms with Gasteiger partial charge in [0.25, 0.3) is 5.91 Å². The lowest BCUT2D eigenvalue weighted by Crippen LogP contribution is -2.28. The van der Waals surface area contributed by atoms with E-state index in [0.29, 0.717) is 11.4 Å². The zero-order valence-electron chi connectivity index (χ0n) is 11.4. The lowest BCUT2D eigenvalue weighted by Gasteiger charge is -2.17. The van der Waals surface area contributed by atoms with Crippen molar-refractivity contribution in [2.24, 2.45) is 0 Å². The summed E-state index contributed by atoms with van der Waals surface area (Å²) in [6.07, 6.45) is 1.98. The first kappa shape index (κ1) is 15.1. The summed E-state index contributed by atoms with van der Waals surface area (Å²) in [5.41, 5.74) is 1.63. The molecule has 1 aromatic heterocycles. The highest BCUT2D eigenvalue weighted by atomic mass is 35.5. The third-order valence-electron chi connectivity index (χ3n) is 3.11. The molecular formula is C16H18ClNOS. The molecule has 2 nitrogen and oxygen atoms in total. The zero-order valence-corrected chi connectivity index (χ0v) is 13.0. The molecule has 2 rings (SSSR count). The van der Waals surface area contributed by atoms with Gasteiger partial charge in [-0.1, -0.05) is 31.5 Å². The van der Waals surface area contributed by atoms with E-state index in [1.807, 2.05) is 35.7 Å². The highest BCUT2D eigenvalue weighted by Crippen LogP contribution is 2.23. The van der Waals surface area contributed by atoms with Crippen LogP contribution in [-0.4, -0.2) is 5.91 Å². The summed E-state index contributed by atoms with van der Waals surface area (Å²) in [4.78, 5) is 13.5. The van der Waals surface area contributed by atoms with Gasteiger partial charge in [0.15, 0.2) is 0 Å². The lowest BCUT2D eigenvalue weighted by molar-refractivity contribution is 0.0935. The molecule has 4 heteroatoms. The topological polar surface area (TPSA) is 29.1 Å². The van der Waals surface area contributed by atoms with Crippen LogP contribution in [0.25, 0.3) is 0 Å². The fourth-order valence-electron chi connectivity index (χ4n) is 2.10. The highest BCUT2D eigenvalue weighted by molar-refractivity contribution is 7.10. The molecule has 0 spiro atoms. The predicted molar refractivity (Wildman–Crippen MR) is 85.4 cm³/mol. The molecule has 0 saturated carbocycles. The Bertz CT molecular complexity index is 553. The molecule has 1 unspecified atom stereocenters. The molecule has 0 aliphatic rings. The molecule has 1 aromatic carbocycles. The summed E-state index contributed by atoms with van der Waals surface area (Å²) in [6.45, 7) is 2.13. The van der Waals surface area contributed by atoms with Gasteiger partial charge < -0.3 is 5.32 Å². The molecule has 2 aromatic rings. The first-order valence-corrected chi connectivity index (χ1v) is 8.15. The molecule has 20 heavy (non-hydrogen) atoms. The smallest absolute Gasteiger partial charge is 0.251 e. The van der Waals surface area contributed by atoms with Crippen LogP contribution >= 0.6 is 22.9 Å². The number of carbonyl (C=O) groups excluding carboxylic acids is 1. The van der Waals surface area contributed by atoms with Gasteiger partial charge in [-0.25, -0.2) is 0 Å². The summed E-state index contributed by atoms with van der Waals surface area (Å²) in [6, 6.07) is 11.6. The molecule has 106 valence electrons. The van der Waals surface area contributed by atoms with Crippen molar-refractivity contribution in [3.63, 3.8) is 0 Å². The summed E-state index contributed by atoms with van der Waals surface area (Å²) < 4.78 is 0. The Morgan fingerprint density at radius 1 is 1.35 bits per heavy atom. The largest absolute Gasteiger partial charge is 0.344 e. The summed E-state index contributed by atoms with van der Waals surface area (Å²) in [5.74, 6) is 0.383. The van der Waals surface area contributed by atoms with Gasteiger partial charge in [0.2, 0.25) is 0 Å². The second-order valence-electron chi connectivity index (χ2n) is 4.66. The van der Waals surface area contributed by atoms with E-state index in [1.54, 1.807) is 11.3 Å². The third kappa shape index (κ3) is 3.84. The molecule has 0 fully saturated rings. The first-order chi connectivity index (χ1) is 9.74. The number of rotatable bonds is 6. The van der Waals surface area contributed by atoms with E-state index in [-0.39, 0.29) is 11.9 Å². The lowest BCUT2D eigenvalue weighted by atomic mass is 10.1. The first-order valence-electron chi connectivity index (χ1n) is 6.73. The Morgan fingerprint density at radius 3 is 2.85 bits per heavy atom. The number of thiophene rings is 1. The molecule has 1 amide bonds. The summed E-state index contributed by atoms with van der Waals surface area (Å²) >= 11 is 7.49. The minimum atomic E-state index is -0.0381. The van der Waals surface area contributed by atoms with Gasteiger partial charge in [-0.2, -0.15) is 0 Å². The number of halogens is 1. The predicted octanol–water partition coefficient (Wildman–Crippen LogP) is 4.76.